The van der Waals surface area contributed by atoms with E-state index in [2.05, 4.69) is 0 Å². The molecule has 0 amide bonds. The molecule has 2 N–H and O–H groups in total. The van der Waals surface area contributed by atoms with Gasteiger partial charge in [0.15, 0.2) is 5.75 Å². The maximum atomic E-state index is 12.1. The number of pyridine rings is 1. The maximum absolute atomic E-state index is 12.1. The fraction of sp³-hybridized carbons (Fsp3) is 0.312. The Morgan fingerprint density at radius 2 is 1.95 bits per heavy atom. The Morgan fingerprint density at radius 1 is 1.20 bits per heavy atom. The van der Waals surface area contributed by atoms with Crippen LogP contribution in [-0.2, 0) is 13.2 Å². The van der Waals surface area contributed by atoms with E-state index in [1.807, 2.05) is 37.3 Å². The van der Waals surface area contributed by atoms with E-state index >= 15 is 0 Å². The van der Waals surface area contributed by atoms with Gasteiger partial charge in [0.1, 0.15) is 6.61 Å². The third-order valence-corrected chi connectivity index (χ3v) is 3.10. The van der Waals surface area contributed by atoms with Crippen LogP contribution in [0.5, 0.6) is 5.75 Å². The van der Waals surface area contributed by atoms with Crippen molar-refractivity contribution in [1.29, 1.82) is 0 Å². The van der Waals surface area contributed by atoms with Gasteiger partial charge >= 0.3 is 0 Å². The average molecular weight is 272 g/mol. The standard InChI is InChI=1S/C16H20N2O2/c1-13-5-7-14(8-6-13)12-20-15-4-2-10-18(16(15)19)11-3-9-17/h2,4-8,10H,3,9,11-12,17H2,1H3. The number of benzene rings is 1. The van der Waals surface area contributed by atoms with Crippen molar-refractivity contribution >= 4 is 0 Å². The van der Waals surface area contributed by atoms with Crippen molar-refractivity contribution in [3.05, 3.63) is 64.1 Å². The quantitative estimate of drug-likeness (QED) is 0.876. The van der Waals surface area contributed by atoms with Crippen LogP contribution in [0.4, 0.5) is 0 Å². The summed E-state index contributed by atoms with van der Waals surface area (Å²) in [7, 11) is 0. The van der Waals surface area contributed by atoms with E-state index in [9.17, 15) is 4.79 Å². The van der Waals surface area contributed by atoms with Crippen LogP contribution in [0.1, 0.15) is 17.5 Å². The third kappa shape index (κ3) is 3.71. The van der Waals surface area contributed by atoms with Crippen LogP contribution < -0.4 is 16.0 Å². The van der Waals surface area contributed by atoms with Gasteiger partial charge in [0, 0.05) is 12.7 Å². The molecule has 0 spiro atoms. The van der Waals surface area contributed by atoms with Crippen LogP contribution in [0, 0.1) is 6.92 Å². The molecule has 2 rings (SSSR count). The Hall–Kier alpha value is -2.07. The highest BCUT2D eigenvalue weighted by atomic mass is 16.5. The first kappa shape index (κ1) is 14.3. The summed E-state index contributed by atoms with van der Waals surface area (Å²) < 4.78 is 7.25. The average Bonchev–Trinajstić information content (AvgIpc) is 2.47. The van der Waals surface area contributed by atoms with E-state index in [1.165, 1.54) is 5.56 Å². The lowest BCUT2D eigenvalue weighted by molar-refractivity contribution is 0.298. The van der Waals surface area contributed by atoms with Crippen molar-refractivity contribution in [2.24, 2.45) is 5.73 Å². The summed E-state index contributed by atoms with van der Waals surface area (Å²) in [5.41, 5.74) is 7.62. The summed E-state index contributed by atoms with van der Waals surface area (Å²) >= 11 is 0. The molecule has 0 aliphatic carbocycles. The second kappa shape index (κ2) is 6.91. The highest BCUT2D eigenvalue weighted by Crippen LogP contribution is 2.08. The van der Waals surface area contributed by atoms with Crippen molar-refractivity contribution in [1.82, 2.24) is 4.57 Å². The van der Waals surface area contributed by atoms with Gasteiger partial charge in [0.05, 0.1) is 0 Å². The molecule has 1 heterocycles. The summed E-state index contributed by atoms with van der Waals surface area (Å²) in [6, 6.07) is 11.6. The molecule has 0 aliphatic rings. The molecule has 0 fully saturated rings. The van der Waals surface area contributed by atoms with Crippen LogP contribution in [0.3, 0.4) is 0 Å². The Bertz CT molecular complexity index is 603. The molecule has 0 bridgehead atoms. The first-order chi connectivity index (χ1) is 9.70. The van der Waals surface area contributed by atoms with Crippen LogP contribution in [0.2, 0.25) is 0 Å². The van der Waals surface area contributed by atoms with Crippen LogP contribution in [0.25, 0.3) is 0 Å². The zero-order valence-electron chi connectivity index (χ0n) is 11.7. The largest absolute Gasteiger partial charge is 0.483 e. The lowest BCUT2D eigenvalue weighted by atomic mass is 10.2. The summed E-state index contributed by atoms with van der Waals surface area (Å²) in [5, 5.41) is 0. The molecule has 0 unspecified atom stereocenters. The van der Waals surface area contributed by atoms with Crippen LogP contribution in [-0.4, -0.2) is 11.1 Å². The molecule has 0 aliphatic heterocycles. The van der Waals surface area contributed by atoms with Crippen molar-refractivity contribution < 1.29 is 4.74 Å². The third-order valence-electron chi connectivity index (χ3n) is 3.10. The van der Waals surface area contributed by atoms with Gasteiger partial charge < -0.3 is 15.0 Å². The first-order valence-electron chi connectivity index (χ1n) is 6.78. The van der Waals surface area contributed by atoms with Crippen LogP contribution in [0.15, 0.2) is 47.4 Å². The number of aryl methyl sites for hydroxylation is 2. The minimum absolute atomic E-state index is 0.104. The minimum Gasteiger partial charge on any atom is -0.483 e. The van der Waals surface area contributed by atoms with Crippen molar-refractivity contribution in [3.8, 4) is 5.75 Å². The lowest BCUT2D eigenvalue weighted by Crippen LogP contribution is -2.22. The van der Waals surface area contributed by atoms with Crippen molar-refractivity contribution in [2.45, 2.75) is 26.5 Å². The van der Waals surface area contributed by atoms with Gasteiger partial charge in [-0.25, -0.2) is 0 Å². The van der Waals surface area contributed by atoms with Gasteiger partial charge in [-0.15, -0.1) is 0 Å². The van der Waals surface area contributed by atoms with E-state index in [0.29, 0.717) is 25.4 Å². The first-order valence-corrected chi connectivity index (χ1v) is 6.78. The number of rotatable bonds is 6. The Kier molecular flexibility index (Phi) is 4.96. The molecule has 1 aromatic heterocycles. The van der Waals surface area contributed by atoms with Crippen molar-refractivity contribution in [2.75, 3.05) is 6.54 Å². The second-order valence-electron chi connectivity index (χ2n) is 4.79. The van der Waals surface area contributed by atoms with E-state index in [1.54, 1.807) is 16.8 Å². The zero-order valence-corrected chi connectivity index (χ0v) is 11.7. The van der Waals surface area contributed by atoms with E-state index in [-0.39, 0.29) is 5.56 Å². The van der Waals surface area contributed by atoms with Gasteiger partial charge in [-0.3, -0.25) is 4.79 Å². The monoisotopic (exact) mass is 272 g/mol. The highest BCUT2D eigenvalue weighted by Gasteiger charge is 2.04. The van der Waals surface area contributed by atoms with Gasteiger partial charge in [-0.1, -0.05) is 29.8 Å². The highest BCUT2D eigenvalue weighted by molar-refractivity contribution is 5.22. The fourth-order valence-corrected chi connectivity index (χ4v) is 1.91. The Morgan fingerprint density at radius 3 is 2.65 bits per heavy atom. The number of ether oxygens (including phenoxy) is 1. The van der Waals surface area contributed by atoms with Gasteiger partial charge in [0.2, 0.25) is 0 Å². The Labute approximate surface area is 118 Å². The van der Waals surface area contributed by atoms with E-state index in [4.69, 9.17) is 10.5 Å². The molecular formula is C16H20N2O2. The molecule has 1 aromatic carbocycles. The van der Waals surface area contributed by atoms with Gasteiger partial charge in [-0.2, -0.15) is 0 Å². The SMILES string of the molecule is Cc1ccc(COc2cccn(CCCN)c2=O)cc1. The summed E-state index contributed by atoms with van der Waals surface area (Å²) in [5.74, 6) is 0.380. The normalized spacial score (nSPS) is 10.5. The molecule has 0 radical (unpaired) electrons. The molecule has 4 heteroatoms. The summed E-state index contributed by atoms with van der Waals surface area (Å²) in [6.07, 6.45) is 2.54. The number of hydrogen-bond acceptors (Lipinski definition) is 3. The van der Waals surface area contributed by atoms with Gasteiger partial charge in [0.25, 0.3) is 5.56 Å². The molecule has 0 saturated carbocycles. The van der Waals surface area contributed by atoms with E-state index < -0.39 is 0 Å². The van der Waals surface area contributed by atoms with E-state index in [0.717, 1.165) is 12.0 Å². The predicted molar refractivity (Wildman–Crippen MR) is 79.9 cm³/mol. The zero-order chi connectivity index (χ0) is 14.4. The number of nitrogens with zero attached hydrogens (tertiary/aromatic N) is 1. The maximum Gasteiger partial charge on any atom is 0.292 e. The Balaban J connectivity index is 2.06. The van der Waals surface area contributed by atoms with Crippen LogP contribution >= 0.6 is 0 Å². The molecular weight excluding hydrogens is 252 g/mol. The fourth-order valence-electron chi connectivity index (χ4n) is 1.91. The summed E-state index contributed by atoms with van der Waals surface area (Å²) in [6.45, 7) is 3.63. The number of hydrogen-bond donors (Lipinski definition) is 1. The molecule has 20 heavy (non-hydrogen) atoms. The number of aromatic nitrogens is 1. The second-order valence-corrected chi connectivity index (χ2v) is 4.79. The predicted octanol–water partition coefficient (Wildman–Crippen LogP) is 2.08. The summed E-state index contributed by atoms with van der Waals surface area (Å²) in [4.78, 5) is 12.1. The lowest BCUT2D eigenvalue weighted by Gasteiger charge is -2.09. The van der Waals surface area contributed by atoms with Gasteiger partial charge in [-0.05, 0) is 37.6 Å². The smallest absolute Gasteiger partial charge is 0.292 e. The minimum atomic E-state index is -0.104. The topological polar surface area (TPSA) is 57.2 Å². The molecule has 2 aromatic rings. The number of nitrogens with two attached hydrogens (primary N) is 1. The molecule has 4 nitrogen and oxygen atoms in total. The molecule has 0 atom stereocenters. The molecule has 0 saturated heterocycles. The molecule has 106 valence electrons. The van der Waals surface area contributed by atoms with Crippen molar-refractivity contribution in [3.63, 3.8) is 0 Å².